The van der Waals surface area contributed by atoms with Crippen molar-refractivity contribution in [3.05, 3.63) is 0 Å². The number of esters is 3. The molecule has 24 heavy (non-hydrogen) atoms. The predicted octanol–water partition coefficient (Wildman–Crippen LogP) is -0.116. The largest absolute Gasteiger partial charge is 0.456 e. The van der Waals surface area contributed by atoms with Gasteiger partial charge in [0, 0.05) is 20.8 Å². The fourth-order valence-corrected chi connectivity index (χ4v) is 2.15. The number of nitrogens with one attached hydrogen (secondary N) is 1. The molecule has 0 radical (unpaired) electrons. The summed E-state index contributed by atoms with van der Waals surface area (Å²) in [5.41, 5.74) is 0. The number of carbonyl (C=O) groups excluding carboxylic acids is 4. The van der Waals surface area contributed by atoms with E-state index in [1.165, 1.54) is 6.92 Å². The number of carbonyl (C=O) groups is 4. The Hall–Kier alpha value is -2.36. The molecule has 0 aliphatic carbocycles. The minimum atomic E-state index is -1.21. The van der Waals surface area contributed by atoms with Crippen LogP contribution in [0.1, 0.15) is 27.7 Å². The average Bonchev–Trinajstić information content (AvgIpc) is 2.44. The third-order valence-corrected chi connectivity index (χ3v) is 2.89. The lowest BCUT2D eigenvalue weighted by Gasteiger charge is -2.40. The number of hydrogen-bond acceptors (Lipinski definition) is 9. The molecular weight excluding hydrogens is 326 g/mol. The Kier molecular flexibility index (Phi) is 7.43. The third kappa shape index (κ3) is 6.03. The second-order valence-corrected chi connectivity index (χ2v) is 4.91. The smallest absolute Gasteiger partial charge is 0.409 e. The Labute approximate surface area is 138 Å². The minimum absolute atomic E-state index is 0.125. The second-order valence-electron chi connectivity index (χ2n) is 4.91. The van der Waals surface area contributed by atoms with Crippen LogP contribution in [-0.4, -0.2) is 61.8 Å². The van der Waals surface area contributed by atoms with Gasteiger partial charge in [0.05, 0.1) is 13.2 Å². The molecule has 10 nitrogen and oxygen atoms in total. The molecule has 136 valence electrons. The maximum Gasteiger partial charge on any atom is 0.409 e. The first-order valence-electron chi connectivity index (χ1n) is 7.31. The number of amides is 1. The highest BCUT2D eigenvalue weighted by Gasteiger charge is 2.47. The maximum absolute atomic E-state index is 11.6. The summed E-state index contributed by atoms with van der Waals surface area (Å²) < 4.78 is 25.4. The van der Waals surface area contributed by atoms with E-state index in [4.69, 9.17) is 23.7 Å². The molecule has 1 amide bonds. The predicted molar refractivity (Wildman–Crippen MR) is 76.6 cm³/mol. The van der Waals surface area contributed by atoms with Crippen LogP contribution in [0, 0.1) is 0 Å². The van der Waals surface area contributed by atoms with E-state index in [-0.39, 0.29) is 13.2 Å². The fourth-order valence-electron chi connectivity index (χ4n) is 2.15. The molecule has 1 N–H and O–H groups in total. The van der Waals surface area contributed by atoms with Gasteiger partial charge in [-0.15, -0.1) is 0 Å². The normalized spacial score (nSPS) is 26.0. The average molecular weight is 347 g/mol. The van der Waals surface area contributed by atoms with E-state index in [2.05, 4.69) is 5.32 Å². The molecule has 0 aromatic carbocycles. The van der Waals surface area contributed by atoms with Crippen molar-refractivity contribution in [1.29, 1.82) is 0 Å². The maximum atomic E-state index is 11.6. The Morgan fingerprint density at radius 1 is 0.958 bits per heavy atom. The lowest BCUT2D eigenvalue weighted by molar-refractivity contribution is -0.228. The molecule has 0 bridgehead atoms. The molecule has 0 aromatic rings. The van der Waals surface area contributed by atoms with Crippen LogP contribution in [0.15, 0.2) is 0 Å². The van der Waals surface area contributed by atoms with Crippen LogP contribution in [0.5, 0.6) is 0 Å². The van der Waals surface area contributed by atoms with E-state index in [0.29, 0.717) is 0 Å². The number of rotatable bonds is 5. The molecule has 1 aliphatic heterocycles. The SMILES string of the molecule is CCOC(=O)N[C@H]1OC[C@@H](OC(C)=O)[C@@H](OC(C)=O)[C@H]1OC(C)=O. The van der Waals surface area contributed by atoms with Crippen LogP contribution in [-0.2, 0) is 38.1 Å². The number of hydrogen-bond donors (Lipinski definition) is 1. The van der Waals surface area contributed by atoms with E-state index in [0.717, 1.165) is 13.8 Å². The molecule has 0 spiro atoms. The summed E-state index contributed by atoms with van der Waals surface area (Å²) in [4.78, 5) is 45.5. The van der Waals surface area contributed by atoms with Crippen molar-refractivity contribution < 1.29 is 42.9 Å². The van der Waals surface area contributed by atoms with E-state index in [1.807, 2.05) is 0 Å². The summed E-state index contributed by atoms with van der Waals surface area (Å²) in [6.45, 7) is 5.03. The molecule has 1 fully saturated rings. The molecule has 0 saturated carbocycles. The van der Waals surface area contributed by atoms with Crippen molar-refractivity contribution in [3.63, 3.8) is 0 Å². The minimum Gasteiger partial charge on any atom is -0.456 e. The van der Waals surface area contributed by atoms with Crippen LogP contribution in [0.3, 0.4) is 0 Å². The van der Waals surface area contributed by atoms with Gasteiger partial charge < -0.3 is 23.7 Å². The zero-order valence-electron chi connectivity index (χ0n) is 13.9. The van der Waals surface area contributed by atoms with Crippen LogP contribution in [0.2, 0.25) is 0 Å². The molecular formula is C14H21NO9. The van der Waals surface area contributed by atoms with Crippen LogP contribution in [0.4, 0.5) is 4.79 Å². The Bertz CT molecular complexity index is 493. The van der Waals surface area contributed by atoms with Gasteiger partial charge in [-0.25, -0.2) is 4.79 Å². The first-order valence-corrected chi connectivity index (χ1v) is 7.31. The van der Waals surface area contributed by atoms with Gasteiger partial charge >= 0.3 is 24.0 Å². The topological polar surface area (TPSA) is 126 Å². The van der Waals surface area contributed by atoms with Crippen molar-refractivity contribution in [3.8, 4) is 0 Å². The van der Waals surface area contributed by atoms with Gasteiger partial charge in [-0.3, -0.25) is 19.7 Å². The molecule has 0 unspecified atom stereocenters. The van der Waals surface area contributed by atoms with Crippen molar-refractivity contribution in [1.82, 2.24) is 5.32 Å². The Morgan fingerprint density at radius 3 is 2.00 bits per heavy atom. The summed E-state index contributed by atoms with van der Waals surface area (Å²) in [5, 5.41) is 2.36. The highest BCUT2D eigenvalue weighted by molar-refractivity contribution is 5.69. The summed E-state index contributed by atoms with van der Waals surface area (Å²) >= 11 is 0. The molecule has 1 rings (SSSR count). The van der Waals surface area contributed by atoms with Gasteiger partial charge in [0.2, 0.25) is 0 Å². The van der Waals surface area contributed by atoms with Crippen molar-refractivity contribution in [2.45, 2.75) is 52.2 Å². The summed E-state index contributed by atoms with van der Waals surface area (Å²) in [7, 11) is 0. The van der Waals surface area contributed by atoms with Crippen molar-refractivity contribution in [2.24, 2.45) is 0 Å². The zero-order chi connectivity index (χ0) is 18.3. The van der Waals surface area contributed by atoms with Crippen LogP contribution >= 0.6 is 0 Å². The molecule has 1 saturated heterocycles. The second kappa shape index (κ2) is 9.06. The van der Waals surface area contributed by atoms with E-state index < -0.39 is 48.5 Å². The standard InChI is InChI=1S/C14H21NO9/c1-5-20-14(19)15-13-12(24-9(4)18)11(23-8(3)17)10(6-21-13)22-7(2)16/h10-13H,5-6H2,1-4H3,(H,15,19)/t10-,11-,12-,13+/m1/s1. The molecule has 4 atom stereocenters. The molecule has 1 aliphatic rings. The highest BCUT2D eigenvalue weighted by Crippen LogP contribution is 2.23. The first kappa shape index (κ1) is 19.7. The quantitative estimate of drug-likeness (QED) is 0.535. The Morgan fingerprint density at radius 2 is 1.50 bits per heavy atom. The monoisotopic (exact) mass is 347 g/mol. The van der Waals surface area contributed by atoms with Gasteiger partial charge in [0.15, 0.2) is 24.5 Å². The van der Waals surface area contributed by atoms with Gasteiger partial charge in [-0.2, -0.15) is 0 Å². The van der Waals surface area contributed by atoms with E-state index >= 15 is 0 Å². The van der Waals surface area contributed by atoms with Gasteiger partial charge in [0.25, 0.3) is 0 Å². The van der Waals surface area contributed by atoms with Crippen molar-refractivity contribution in [2.75, 3.05) is 13.2 Å². The highest BCUT2D eigenvalue weighted by atomic mass is 16.6. The van der Waals surface area contributed by atoms with Crippen LogP contribution < -0.4 is 5.32 Å². The third-order valence-electron chi connectivity index (χ3n) is 2.89. The van der Waals surface area contributed by atoms with Gasteiger partial charge in [-0.05, 0) is 6.92 Å². The molecule has 10 heteroatoms. The summed E-state index contributed by atoms with van der Waals surface area (Å²) in [6.07, 6.45) is -5.28. The van der Waals surface area contributed by atoms with Gasteiger partial charge in [0.1, 0.15) is 0 Å². The van der Waals surface area contributed by atoms with Crippen LogP contribution in [0.25, 0.3) is 0 Å². The summed E-state index contributed by atoms with van der Waals surface area (Å²) in [6, 6.07) is 0. The molecule has 0 aromatic heterocycles. The zero-order valence-corrected chi connectivity index (χ0v) is 13.9. The molecule has 1 heterocycles. The van der Waals surface area contributed by atoms with Crippen molar-refractivity contribution >= 4 is 24.0 Å². The summed E-state index contributed by atoms with van der Waals surface area (Å²) in [5.74, 6) is -2.00. The van der Waals surface area contributed by atoms with Gasteiger partial charge in [-0.1, -0.05) is 0 Å². The lowest BCUT2D eigenvalue weighted by Crippen LogP contribution is -2.62. The number of alkyl carbamates (subject to hydrolysis) is 1. The van der Waals surface area contributed by atoms with E-state index in [9.17, 15) is 19.2 Å². The van der Waals surface area contributed by atoms with E-state index in [1.54, 1.807) is 6.92 Å². The fraction of sp³-hybridized carbons (Fsp3) is 0.714. The Balaban J connectivity index is 3.01. The lowest BCUT2D eigenvalue weighted by atomic mass is 10.0. The number of ether oxygens (including phenoxy) is 5. The first-order chi connectivity index (χ1) is 11.2.